The van der Waals surface area contributed by atoms with Crippen molar-refractivity contribution in [1.29, 1.82) is 0 Å². The Morgan fingerprint density at radius 3 is 2.79 bits per heavy atom. The van der Waals surface area contributed by atoms with Crippen LogP contribution in [0.4, 0.5) is 11.6 Å². The van der Waals surface area contributed by atoms with Crippen molar-refractivity contribution in [3.8, 4) is 0 Å². The molecule has 0 unspecified atom stereocenters. The van der Waals surface area contributed by atoms with Crippen LogP contribution in [0.5, 0.6) is 0 Å². The summed E-state index contributed by atoms with van der Waals surface area (Å²) in [4.78, 5) is 11.2. The summed E-state index contributed by atoms with van der Waals surface area (Å²) in [6.07, 6.45) is 3.22. The maximum absolute atomic E-state index is 5.41. The van der Waals surface area contributed by atoms with E-state index in [0.29, 0.717) is 6.04 Å². The molecule has 5 nitrogen and oxygen atoms in total. The minimum atomic E-state index is 0.516. The second-order valence-corrected chi connectivity index (χ2v) is 5.04. The summed E-state index contributed by atoms with van der Waals surface area (Å²) in [5, 5.41) is 3.33. The van der Waals surface area contributed by atoms with E-state index < -0.39 is 0 Å². The van der Waals surface area contributed by atoms with Crippen LogP contribution in [-0.4, -0.2) is 42.8 Å². The first-order valence-corrected chi connectivity index (χ1v) is 7.11. The van der Waals surface area contributed by atoms with Gasteiger partial charge in [-0.25, -0.2) is 9.97 Å². The van der Waals surface area contributed by atoms with E-state index in [-0.39, 0.29) is 0 Å². The van der Waals surface area contributed by atoms with Crippen LogP contribution in [0, 0.1) is 6.92 Å². The molecule has 1 saturated heterocycles. The standard InChI is InChI=1S/C14H24N4O/c1-4-7-15-13-10-14(17-11(2)16-13)18(3)12-5-8-19-9-6-12/h10,12H,4-9H2,1-3H3,(H,15,16,17). The van der Waals surface area contributed by atoms with Crippen LogP contribution in [0.15, 0.2) is 6.07 Å². The third kappa shape index (κ3) is 3.80. The van der Waals surface area contributed by atoms with E-state index in [1.807, 2.05) is 13.0 Å². The van der Waals surface area contributed by atoms with E-state index in [1.54, 1.807) is 0 Å². The van der Waals surface area contributed by atoms with E-state index in [0.717, 1.165) is 56.5 Å². The van der Waals surface area contributed by atoms with Gasteiger partial charge in [0.25, 0.3) is 0 Å². The molecule has 5 heteroatoms. The van der Waals surface area contributed by atoms with Crippen molar-refractivity contribution < 1.29 is 4.74 Å². The van der Waals surface area contributed by atoms with Crippen LogP contribution in [0.25, 0.3) is 0 Å². The van der Waals surface area contributed by atoms with Crippen LogP contribution < -0.4 is 10.2 Å². The smallest absolute Gasteiger partial charge is 0.134 e. The van der Waals surface area contributed by atoms with Crippen LogP contribution >= 0.6 is 0 Å². The van der Waals surface area contributed by atoms with Gasteiger partial charge < -0.3 is 15.0 Å². The molecular formula is C14H24N4O. The Morgan fingerprint density at radius 2 is 2.11 bits per heavy atom. The highest BCUT2D eigenvalue weighted by molar-refractivity contribution is 5.49. The van der Waals surface area contributed by atoms with Crippen LogP contribution in [0.2, 0.25) is 0 Å². The maximum atomic E-state index is 5.41. The Morgan fingerprint density at radius 1 is 1.37 bits per heavy atom. The summed E-state index contributed by atoms with van der Waals surface area (Å²) >= 11 is 0. The maximum Gasteiger partial charge on any atom is 0.134 e. The number of aromatic nitrogens is 2. The molecule has 0 spiro atoms. The normalized spacial score (nSPS) is 16.4. The summed E-state index contributed by atoms with van der Waals surface area (Å²) in [6, 6.07) is 2.56. The number of ether oxygens (including phenoxy) is 1. The van der Waals surface area contributed by atoms with Gasteiger partial charge in [0.15, 0.2) is 0 Å². The zero-order chi connectivity index (χ0) is 13.7. The summed E-state index contributed by atoms with van der Waals surface area (Å²) in [7, 11) is 2.11. The third-order valence-corrected chi connectivity index (χ3v) is 3.48. The van der Waals surface area contributed by atoms with Crippen LogP contribution in [0.1, 0.15) is 32.0 Å². The number of rotatable bonds is 5. The second kappa shape index (κ2) is 6.70. The lowest BCUT2D eigenvalue weighted by Crippen LogP contribution is -2.37. The van der Waals surface area contributed by atoms with Gasteiger partial charge in [-0.05, 0) is 26.2 Å². The number of nitrogens with zero attached hydrogens (tertiary/aromatic N) is 3. The molecule has 19 heavy (non-hydrogen) atoms. The molecule has 2 heterocycles. The van der Waals surface area contributed by atoms with Gasteiger partial charge >= 0.3 is 0 Å². The van der Waals surface area contributed by atoms with E-state index in [1.165, 1.54) is 0 Å². The SMILES string of the molecule is CCCNc1cc(N(C)C2CCOCC2)nc(C)n1. The monoisotopic (exact) mass is 264 g/mol. The molecule has 1 aliphatic heterocycles. The molecule has 0 aliphatic carbocycles. The lowest BCUT2D eigenvalue weighted by Gasteiger charge is -2.32. The summed E-state index contributed by atoms with van der Waals surface area (Å²) < 4.78 is 5.41. The van der Waals surface area contributed by atoms with Gasteiger partial charge in [-0.15, -0.1) is 0 Å². The number of hydrogen-bond acceptors (Lipinski definition) is 5. The van der Waals surface area contributed by atoms with Crippen LogP contribution in [-0.2, 0) is 4.74 Å². The van der Waals surface area contributed by atoms with E-state index in [9.17, 15) is 0 Å². The number of aryl methyl sites for hydroxylation is 1. The first-order valence-electron chi connectivity index (χ1n) is 7.11. The highest BCUT2D eigenvalue weighted by Gasteiger charge is 2.20. The molecule has 0 aromatic carbocycles. The van der Waals surface area contributed by atoms with Crippen molar-refractivity contribution in [2.45, 2.75) is 39.2 Å². The number of hydrogen-bond donors (Lipinski definition) is 1. The lowest BCUT2D eigenvalue weighted by atomic mass is 10.1. The zero-order valence-corrected chi connectivity index (χ0v) is 12.1. The molecule has 0 atom stereocenters. The van der Waals surface area contributed by atoms with Gasteiger partial charge in [0.05, 0.1) is 0 Å². The fourth-order valence-electron chi connectivity index (χ4n) is 2.34. The number of nitrogens with one attached hydrogen (secondary N) is 1. The highest BCUT2D eigenvalue weighted by Crippen LogP contribution is 2.21. The van der Waals surface area contributed by atoms with Gasteiger partial charge in [0.1, 0.15) is 17.5 Å². The predicted octanol–water partition coefficient (Wildman–Crippen LogP) is 2.22. The fraction of sp³-hybridized carbons (Fsp3) is 0.714. The molecule has 106 valence electrons. The minimum Gasteiger partial charge on any atom is -0.381 e. The van der Waals surface area contributed by atoms with Gasteiger partial charge in [0, 0.05) is 38.9 Å². The quantitative estimate of drug-likeness (QED) is 0.883. The Bertz CT molecular complexity index is 404. The number of anilines is 2. The molecule has 1 aliphatic rings. The Hall–Kier alpha value is -1.36. The predicted molar refractivity (Wildman–Crippen MR) is 77.8 cm³/mol. The molecule has 1 aromatic rings. The van der Waals surface area contributed by atoms with Gasteiger partial charge in [-0.2, -0.15) is 0 Å². The van der Waals surface area contributed by atoms with E-state index in [2.05, 4.69) is 34.2 Å². The highest BCUT2D eigenvalue weighted by atomic mass is 16.5. The zero-order valence-electron chi connectivity index (χ0n) is 12.1. The second-order valence-electron chi connectivity index (χ2n) is 5.04. The molecular weight excluding hydrogens is 240 g/mol. The van der Waals surface area contributed by atoms with Gasteiger partial charge in [-0.1, -0.05) is 6.92 Å². The Kier molecular flexibility index (Phi) is 4.96. The average Bonchev–Trinajstić information content (AvgIpc) is 2.44. The topological polar surface area (TPSA) is 50.3 Å². The molecule has 1 N–H and O–H groups in total. The van der Waals surface area contributed by atoms with Crippen molar-refractivity contribution in [3.63, 3.8) is 0 Å². The Balaban J connectivity index is 2.11. The van der Waals surface area contributed by atoms with Crippen molar-refractivity contribution in [2.75, 3.05) is 37.0 Å². The van der Waals surface area contributed by atoms with Crippen molar-refractivity contribution >= 4 is 11.6 Å². The average molecular weight is 264 g/mol. The van der Waals surface area contributed by atoms with E-state index >= 15 is 0 Å². The fourth-order valence-corrected chi connectivity index (χ4v) is 2.34. The minimum absolute atomic E-state index is 0.516. The molecule has 0 saturated carbocycles. The van der Waals surface area contributed by atoms with Crippen LogP contribution in [0.3, 0.4) is 0 Å². The molecule has 2 rings (SSSR count). The molecule has 1 fully saturated rings. The first-order chi connectivity index (χ1) is 9.20. The summed E-state index contributed by atoms with van der Waals surface area (Å²) in [6.45, 7) is 6.73. The van der Waals surface area contributed by atoms with Crippen molar-refractivity contribution in [1.82, 2.24) is 9.97 Å². The van der Waals surface area contributed by atoms with Crippen molar-refractivity contribution in [3.05, 3.63) is 11.9 Å². The summed E-state index contributed by atoms with van der Waals surface area (Å²) in [5.41, 5.74) is 0. The van der Waals surface area contributed by atoms with E-state index in [4.69, 9.17) is 4.74 Å². The van der Waals surface area contributed by atoms with Gasteiger partial charge in [-0.3, -0.25) is 0 Å². The molecule has 0 amide bonds. The van der Waals surface area contributed by atoms with Gasteiger partial charge in [0.2, 0.25) is 0 Å². The summed E-state index contributed by atoms with van der Waals surface area (Å²) in [5.74, 6) is 2.73. The third-order valence-electron chi connectivity index (χ3n) is 3.48. The first kappa shape index (κ1) is 14.1. The largest absolute Gasteiger partial charge is 0.381 e. The lowest BCUT2D eigenvalue weighted by molar-refractivity contribution is 0.0853. The van der Waals surface area contributed by atoms with Crippen molar-refractivity contribution in [2.24, 2.45) is 0 Å². The molecule has 1 aromatic heterocycles. The molecule has 0 bridgehead atoms. The molecule has 0 radical (unpaired) electrons. The Labute approximate surface area is 115 Å².